The van der Waals surface area contributed by atoms with Crippen LogP contribution in [-0.4, -0.2) is 43.8 Å². The molecular formula is C17H22ClFN4O2+2. The Morgan fingerprint density at radius 1 is 1.28 bits per heavy atom. The number of carbonyl (C=O) groups is 1. The van der Waals surface area contributed by atoms with Crippen LogP contribution >= 0.6 is 11.6 Å². The van der Waals surface area contributed by atoms with Crippen LogP contribution < -0.4 is 15.1 Å². The number of rotatable bonds is 5. The molecule has 2 aromatic rings. The Labute approximate surface area is 150 Å². The molecule has 1 aromatic heterocycles. The Morgan fingerprint density at radius 3 is 2.64 bits per heavy atom. The van der Waals surface area contributed by atoms with E-state index in [0.29, 0.717) is 12.2 Å². The fourth-order valence-electron chi connectivity index (χ4n) is 3.07. The van der Waals surface area contributed by atoms with Gasteiger partial charge in [-0.1, -0.05) is 16.8 Å². The molecule has 1 amide bonds. The lowest BCUT2D eigenvalue weighted by Gasteiger charge is -2.28. The summed E-state index contributed by atoms with van der Waals surface area (Å²) in [4.78, 5) is 14.8. The fraction of sp³-hybridized carbons (Fsp3) is 0.412. The number of aryl methyl sites for hydroxylation is 1. The van der Waals surface area contributed by atoms with Crippen molar-refractivity contribution in [2.75, 3.05) is 38.0 Å². The van der Waals surface area contributed by atoms with Crippen molar-refractivity contribution in [3.05, 3.63) is 46.6 Å². The van der Waals surface area contributed by atoms with Crippen LogP contribution in [0.15, 0.2) is 28.8 Å². The third kappa shape index (κ3) is 5.01. The molecule has 134 valence electrons. The number of quaternary nitrogens is 2. The molecule has 1 aliphatic rings. The number of carbonyl (C=O) groups excluding carboxylic acids is 1. The van der Waals surface area contributed by atoms with Crippen molar-refractivity contribution in [2.45, 2.75) is 13.5 Å². The highest BCUT2D eigenvalue weighted by Gasteiger charge is 2.25. The summed E-state index contributed by atoms with van der Waals surface area (Å²) in [5.41, 5.74) is 1.49. The lowest BCUT2D eigenvalue weighted by atomic mass is 10.2. The first-order valence-corrected chi connectivity index (χ1v) is 8.71. The lowest BCUT2D eigenvalue weighted by molar-refractivity contribution is -1.02. The van der Waals surface area contributed by atoms with Crippen LogP contribution in [0, 0.1) is 12.7 Å². The Morgan fingerprint density at radius 2 is 2.00 bits per heavy atom. The largest absolute Gasteiger partial charge is 0.361 e. The van der Waals surface area contributed by atoms with Crippen LogP contribution in [0.5, 0.6) is 0 Å². The first kappa shape index (κ1) is 17.8. The number of piperazine rings is 1. The van der Waals surface area contributed by atoms with E-state index in [0.717, 1.165) is 44.2 Å². The maximum absolute atomic E-state index is 13.1. The summed E-state index contributed by atoms with van der Waals surface area (Å²) >= 11 is 5.73. The zero-order valence-corrected chi connectivity index (χ0v) is 14.8. The number of nitrogens with zero attached hydrogens (tertiary/aromatic N) is 1. The van der Waals surface area contributed by atoms with Gasteiger partial charge in [-0.25, -0.2) is 4.39 Å². The van der Waals surface area contributed by atoms with E-state index < -0.39 is 5.82 Å². The van der Waals surface area contributed by atoms with Crippen molar-refractivity contribution in [2.24, 2.45) is 0 Å². The molecule has 3 rings (SSSR count). The lowest BCUT2D eigenvalue weighted by Crippen LogP contribution is -3.28. The molecular weight excluding hydrogens is 347 g/mol. The Bertz CT molecular complexity index is 744. The maximum atomic E-state index is 13.1. The molecule has 0 spiro atoms. The second kappa shape index (κ2) is 7.95. The van der Waals surface area contributed by atoms with Gasteiger partial charge in [0.25, 0.3) is 5.91 Å². The van der Waals surface area contributed by atoms with Gasteiger partial charge in [0.2, 0.25) is 0 Å². The van der Waals surface area contributed by atoms with Crippen molar-refractivity contribution in [1.82, 2.24) is 5.16 Å². The monoisotopic (exact) mass is 368 g/mol. The standard InChI is InChI=1S/C17H20ClFN4O2/c1-12-8-14(21-25-12)10-22-4-6-23(7-5-22)11-17(24)20-13-2-3-16(19)15(18)9-13/h2-3,8-9H,4-7,10-11H2,1H3,(H,20,24)/p+2. The molecule has 2 heterocycles. The van der Waals surface area contributed by atoms with Gasteiger partial charge in [-0.15, -0.1) is 0 Å². The average Bonchev–Trinajstić information content (AvgIpc) is 2.98. The van der Waals surface area contributed by atoms with Gasteiger partial charge in [0.05, 0.1) is 5.02 Å². The van der Waals surface area contributed by atoms with Gasteiger partial charge in [-0.3, -0.25) is 4.79 Å². The number of aromatic nitrogens is 1. The highest BCUT2D eigenvalue weighted by molar-refractivity contribution is 6.31. The molecule has 1 saturated heterocycles. The summed E-state index contributed by atoms with van der Waals surface area (Å²) in [7, 11) is 0. The number of benzene rings is 1. The van der Waals surface area contributed by atoms with Crippen LogP contribution in [0.1, 0.15) is 11.5 Å². The normalized spacial score (nSPS) is 20.4. The van der Waals surface area contributed by atoms with Crippen LogP contribution in [0.4, 0.5) is 10.1 Å². The fourth-order valence-corrected chi connectivity index (χ4v) is 3.25. The smallest absolute Gasteiger partial charge is 0.279 e. The number of amides is 1. The second-order valence-corrected chi connectivity index (χ2v) is 6.87. The number of hydrogen-bond donors (Lipinski definition) is 3. The van der Waals surface area contributed by atoms with E-state index in [2.05, 4.69) is 10.5 Å². The first-order chi connectivity index (χ1) is 12.0. The van der Waals surface area contributed by atoms with Gasteiger partial charge in [0, 0.05) is 11.8 Å². The molecule has 0 radical (unpaired) electrons. The summed E-state index contributed by atoms with van der Waals surface area (Å²) in [5.74, 6) is 0.246. The topological polar surface area (TPSA) is 64.0 Å². The average molecular weight is 369 g/mol. The summed E-state index contributed by atoms with van der Waals surface area (Å²) in [6.07, 6.45) is 0. The predicted octanol–water partition coefficient (Wildman–Crippen LogP) is -0.302. The minimum Gasteiger partial charge on any atom is -0.361 e. The van der Waals surface area contributed by atoms with E-state index in [-0.39, 0.29) is 10.9 Å². The van der Waals surface area contributed by atoms with E-state index in [1.54, 1.807) is 0 Å². The van der Waals surface area contributed by atoms with Crippen LogP contribution in [0.25, 0.3) is 0 Å². The summed E-state index contributed by atoms with van der Waals surface area (Å²) in [6, 6.07) is 6.15. The zero-order chi connectivity index (χ0) is 17.8. The first-order valence-electron chi connectivity index (χ1n) is 8.34. The van der Waals surface area contributed by atoms with E-state index in [1.165, 1.54) is 28.0 Å². The van der Waals surface area contributed by atoms with E-state index in [4.69, 9.17) is 16.1 Å². The SMILES string of the molecule is Cc1cc(C[NH+]2CC[NH+](CC(=O)Nc3ccc(F)c(Cl)c3)CC2)no1. The van der Waals surface area contributed by atoms with Crippen LogP contribution in [-0.2, 0) is 11.3 Å². The third-order valence-corrected chi connectivity index (χ3v) is 4.68. The molecule has 0 unspecified atom stereocenters. The predicted molar refractivity (Wildman–Crippen MR) is 91.2 cm³/mol. The molecule has 6 nitrogen and oxygen atoms in total. The van der Waals surface area contributed by atoms with Crippen molar-refractivity contribution in [3.63, 3.8) is 0 Å². The minimum atomic E-state index is -0.494. The Hall–Kier alpha value is -1.96. The summed E-state index contributed by atoms with van der Waals surface area (Å²) in [6.45, 7) is 6.94. The molecule has 1 fully saturated rings. The highest BCUT2D eigenvalue weighted by atomic mass is 35.5. The molecule has 0 aliphatic carbocycles. The molecule has 0 saturated carbocycles. The highest BCUT2D eigenvalue weighted by Crippen LogP contribution is 2.19. The molecule has 0 bridgehead atoms. The zero-order valence-electron chi connectivity index (χ0n) is 14.1. The maximum Gasteiger partial charge on any atom is 0.279 e. The third-order valence-electron chi connectivity index (χ3n) is 4.39. The second-order valence-electron chi connectivity index (χ2n) is 6.46. The van der Waals surface area contributed by atoms with Crippen LogP contribution in [0.2, 0.25) is 5.02 Å². The van der Waals surface area contributed by atoms with Crippen molar-refractivity contribution in [3.8, 4) is 0 Å². The Balaban J connectivity index is 1.43. The summed E-state index contributed by atoms with van der Waals surface area (Å²) in [5, 5.41) is 6.81. The molecule has 25 heavy (non-hydrogen) atoms. The van der Waals surface area contributed by atoms with Gasteiger partial charge < -0.3 is 19.6 Å². The van der Waals surface area contributed by atoms with Gasteiger partial charge in [0.15, 0.2) is 6.54 Å². The molecule has 8 heteroatoms. The van der Waals surface area contributed by atoms with Crippen molar-refractivity contribution in [1.29, 1.82) is 0 Å². The van der Waals surface area contributed by atoms with Gasteiger partial charge >= 0.3 is 0 Å². The number of anilines is 1. The van der Waals surface area contributed by atoms with Crippen molar-refractivity contribution >= 4 is 23.2 Å². The van der Waals surface area contributed by atoms with Gasteiger partial charge in [-0.05, 0) is 25.1 Å². The molecule has 1 aliphatic heterocycles. The summed E-state index contributed by atoms with van der Waals surface area (Å²) < 4.78 is 18.2. The van der Waals surface area contributed by atoms with Gasteiger partial charge in [0.1, 0.15) is 50.0 Å². The molecule has 3 N–H and O–H groups in total. The van der Waals surface area contributed by atoms with E-state index in [1.807, 2.05) is 13.0 Å². The molecule has 0 atom stereocenters. The molecule has 1 aromatic carbocycles. The minimum absolute atomic E-state index is 0.00505. The number of halogens is 2. The van der Waals surface area contributed by atoms with Crippen molar-refractivity contribution < 1.29 is 23.5 Å². The van der Waals surface area contributed by atoms with E-state index >= 15 is 0 Å². The Kier molecular flexibility index (Phi) is 5.67. The van der Waals surface area contributed by atoms with Gasteiger partial charge in [-0.2, -0.15) is 0 Å². The van der Waals surface area contributed by atoms with Crippen LogP contribution in [0.3, 0.4) is 0 Å². The van der Waals surface area contributed by atoms with E-state index in [9.17, 15) is 9.18 Å². The number of hydrogen-bond acceptors (Lipinski definition) is 3. The quantitative estimate of drug-likeness (QED) is 0.679. The number of nitrogens with one attached hydrogen (secondary N) is 3.